The van der Waals surface area contributed by atoms with Gasteiger partial charge in [-0.05, 0) is 20.8 Å². The summed E-state index contributed by atoms with van der Waals surface area (Å²) in [4.78, 5) is 0. The minimum atomic E-state index is -1.73. The van der Waals surface area contributed by atoms with Gasteiger partial charge in [0.2, 0.25) is 0 Å². The zero-order chi connectivity index (χ0) is 14.1. The maximum absolute atomic E-state index is 5.22. The highest BCUT2D eigenvalue weighted by Gasteiger charge is 2.28. The largest absolute Gasteiger partial charge is 0.905 e. The van der Waals surface area contributed by atoms with Crippen LogP contribution in [0.15, 0.2) is 12.0 Å². The van der Waals surface area contributed by atoms with Crippen molar-refractivity contribution < 1.29 is 20.8 Å². The average molecular weight is 294 g/mol. The van der Waals surface area contributed by atoms with Crippen LogP contribution >= 0.6 is 0 Å². The van der Waals surface area contributed by atoms with E-state index >= 15 is 0 Å². The van der Waals surface area contributed by atoms with Crippen molar-refractivity contribution in [2.75, 3.05) is 40.1 Å². The molecule has 0 aliphatic carbocycles. The lowest BCUT2D eigenvalue weighted by Gasteiger charge is -2.08. The minimum absolute atomic E-state index is 0.662. The van der Waals surface area contributed by atoms with Crippen LogP contribution in [0, 0.1) is 0 Å². The molecule has 0 aromatic heterocycles. The van der Waals surface area contributed by atoms with E-state index in [4.69, 9.17) is 20.8 Å². The van der Waals surface area contributed by atoms with Crippen LogP contribution in [0.3, 0.4) is 0 Å². The SMILES string of the molecule is CC[O][Al]([O]CC)[O]CC.COCCOC=C[SiH3]. The summed E-state index contributed by atoms with van der Waals surface area (Å²) < 4.78 is 25.3. The first-order valence-corrected chi connectivity index (χ1v) is 8.90. The van der Waals surface area contributed by atoms with Gasteiger partial charge in [0.1, 0.15) is 6.61 Å². The van der Waals surface area contributed by atoms with Crippen LogP contribution in [0.1, 0.15) is 20.8 Å². The lowest BCUT2D eigenvalue weighted by atomic mass is 10.8. The van der Waals surface area contributed by atoms with Gasteiger partial charge in [0, 0.05) is 37.2 Å². The summed E-state index contributed by atoms with van der Waals surface area (Å²) in [6.07, 6.45) is 1.71. The van der Waals surface area contributed by atoms with Gasteiger partial charge in [-0.1, -0.05) is 5.70 Å². The molecule has 0 amide bonds. The minimum Gasteiger partial charge on any atom is -0.500 e. The molecule has 0 atom stereocenters. The molecule has 0 heterocycles. The molecular formula is C11H27AlO5Si. The topological polar surface area (TPSA) is 46.2 Å². The summed E-state index contributed by atoms with van der Waals surface area (Å²) in [7, 11) is 2.72. The smallest absolute Gasteiger partial charge is 0.500 e. The summed E-state index contributed by atoms with van der Waals surface area (Å²) in [6, 6.07) is 0. The van der Waals surface area contributed by atoms with Crippen LogP contribution in [-0.4, -0.2) is 65.5 Å². The second kappa shape index (κ2) is 19.5. The number of methoxy groups -OCH3 is 1. The second-order valence-electron chi connectivity index (χ2n) is 2.99. The van der Waals surface area contributed by atoms with Crippen molar-refractivity contribution in [2.45, 2.75) is 20.8 Å². The van der Waals surface area contributed by atoms with Gasteiger partial charge in [0.05, 0.1) is 12.9 Å². The first kappa shape index (κ1) is 20.4. The number of hydrogen-bond acceptors (Lipinski definition) is 5. The summed E-state index contributed by atoms with van der Waals surface area (Å²) in [6.45, 7) is 9.19. The quantitative estimate of drug-likeness (QED) is 0.335. The van der Waals surface area contributed by atoms with E-state index in [0.29, 0.717) is 33.0 Å². The van der Waals surface area contributed by atoms with E-state index in [-0.39, 0.29) is 0 Å². The fourth-order valence-electron chi connectivity index (χ4n) is 0.848. The first-order chi connectivity index (χ1) is 8.76. The zero-order valence-electron chi connectivity index (χ0n) is 12.3. The summed E-state index contributed by atoms with van der Waals surface area (Å²) >= 11 is -1.73. The highest BCUT2D eigenvalue weighted by molar-refractivity contribution is 6.36. The molecule has 5 nitrogen and oxygen atoms in total. The zero-order valence-corrected chi connectivity index (χ0v) is 15.5. The molecule has 0 aromatic rings. The van der Waals surface area contributed by atoms with Gasteiger partial charge in [0.25, 0.3) is 0 Å². The van der Waals surface area contributed by atoms with Crippen molar-refractivity contribution in [3.63, 3.8) is 0 Å². The fourth-order valence-corrected chi connectivity index (χ4v) is 2.15. The average Bonchev–Trinajstić information content (AvgIpc) is 2.37. The van der Waals surface area contributed by atoms with Crippen molar-refractivity contribution in [3.8, 4) is 0 Å². The molecule has 0 unspecified atom stereocenters. The Hall–Kier alpha value is 0.129. The Bertz CT molecular complexity index is 157. The van der Waals surface area contributed by atoms with E-state index in [9.17, 15) is 0 Å². The van der Waals surface area contributed by atoms with Crippen molar-refractivity contribution >= 4 is 25.4 Å². The molecular weight excluding hydrogens is 267 g/mol. The van der Waals surface area contributed by atoms with Crippen LogP contribution in [0.4, 0.5) is 0 Å². The normalized spacial score (nSPS) is 10.2. The second-order valence-corrected chi connectivity index (χ2v) is 5.23. The van der Waals surface area contributed by atoms with Crippen LogP contribution in [-0.2, 0) is 20.8 Å². The molecule has 0 N–H and O–H groups in total. The lowest BCUT2D eigenvalue weighted by molar-refractivity contribution is 0.107. The first-order valence-electron chi connectivity index (χ1n) is 6.33. The number of ether oxygens (including phenoxy) is 2. The lowest BCUT2D eigenvalue weighted by Crippen LogP contribution is -2.27. The Labute approximate surface area is 119 Å². The summed E-state index contributed by atoms with van der Waals surface area (Å²) in [5, 5.41) is 0. The Morgan fingerprint density at radius 3 is 1.78 bits per heavy atom. The molecule has 0 rings (SSSR count). The predicted octanol–water partition coefficient (Wildman–Crippen LogP) is 0.567. The van der Waals surface area contributed by atoms with Gasteiger partial charge in [-0.25, -0.2) is 0 Å². The monoisotopic (exact) mass is 294 g/mol. The molecule has 0 radical (unpaired) electrons. The molecule has 0 spiro atoms. The van der Waals surface area contributed by atoms with Crippen molar-refractivity contribution in [3.05, 3.63) is 12.0 Å². The van der Waals surface area contributed by atoms with E-state index < -0.39 is 15.1 Å². The Morgan fingerprint density at radius 1 is 0.944 bits per heavy atom. The summed E-state index contributed by atoms with van der Waals surface area (Å²) in [5.41, 5.74) is 1.98. The molecule has 7 heteroatoms. The van der Waals surface area contributed by atoms with Crippen LogP contribution in [0.2, 0.25) is 0 Å². The third kappa shape index (κ3) is 18.5. The van der Waals surface area contributed by atoms with Crippen molar-refractivity contribution in [1.82, 2.24) is 0 Å². The molecule has 0 saturated carbocycles. The maximum atomic E-state index is 5.22. The van der Waals surface area contributed by atoms with E-state index in [2.05, 4.69) is 0 Å². The molecule has 0 aliphatic rings. The van der Waals surface area contributed by atoms with Crippen LogP contribution in [0.25, 0.3) is 0 Å². The molecule has 0 saturated heterocycles. The Balaban J connectivity index is 0. The van der Waals surface area contributed by atoms with Gasteiger partial charge in [0.15, 0.2) is 0 Å². The van der Waals surface area contributed by atoms with Gasteiger partial charge in [-0.3, -0.25) is 0 Å². The van der Waals surface area contributed by atoms with E-state index in [1.807, 2.05) is 26.5 Å². The molecule has 0 aliphatic heterocycles. The van der Waals surface area contributed by atoms with Gasteiger partial charge < -0.3 is 20.8 Å². The van der Waals surface area contributed by atoms with E-state index in [1.54, 1.807) is 13.4 Å². The molecule has 18 heavy (non-hydrogen) atoms. The summed E-state index contributed by atoms with van der Waals surface area (Å²) in [5.74, 6) is 0. The third-order valence-electron chi connectivity index (χ3n) is 1.55. The highest BCUT2D eigenvalue weighted by atomic mass is 28.1. The predicted molar refractivity (Wildman–Crippen MR) is 77.5 cm³/mol. The van der Waals surface area contributed by atoms with Crippen molar-refractivity contribution in [1.29, 1.82) is 0 Å². The molecule has 0 aromatic carbocycles. The van der Waals surface area contributed by atoms with Gasteiger partial charge >= 0.3 is 15.1 Å². The van der Waals surface area contributed by atoms with Gasteiger partial charge in [-0.2, -0.15) is 0 Å². The van der Waals surface area contributed by atoms with E-state index in [1.165, 1.54) is 0 Å². The van der Waals surface area contributed by atoms with Gasteiger partial charge in [-0.15, -0.1) is 0 Å². The Morgan fingerprint density at radius 2 is 1.44 bits per heavy atom. The molecule has 0 fully saturated rings. The Kier molecular flexibility index (Phi) is 22.1. The van der Waals surface area contributed by atoms with E-state index in [0.717, 1.165) is 10.2 Å². The van der Waals surface area contributed by atoms with Crippen LogP contribution < -0.4 is 0 Å². The number of rotatable bonds is 10. The fraction of sp³-hybridized carbons (Fsp3) is 0.818. The van der Waals surface area contributed by atoms with Crippen molar-refractivity contribution in [2.24, 2.45) is 0 Å². The molecule has 108 valence electrons. The molecule has 0 bridgehead atoms. The maximum Gasteiger partial charge on any atom is 0.905 e. The van der Waals surface area contributed by atoms with Crippen LogP contribution in [0.5, 0.6) is 0 Å². The third-order valence-corrected chi connectivity index (χ3v) is 3.63. The number of hydrogen-bond donors (Lipinski definition) is 0. The standard InChI is InChI=1S/C5H12O2Si.3C2H5O.Al/c1-6-2-3-7-4-5-8;3*1-2-3;/h4-5H,2-3H2,1,8H3;3*2H2,1H3;/q;3*-1;+3. The highest BCUT2D eigenvalue weighted by Crippen LogP contribution is 1.91.